The zero-order valence-corrected chi connectivity index (χ0v) is 9.61. The van der Waals surface area contributed by atoms with Crippen LogP contribution in [0.4, 0.5) is 5.69 Å². The number of nitrogens with one attached hydrogen (secondary N) is 2. The third-order valence-corrected chi connectivity index (χ3v) is 3.37. The average Bonchev–Trinajstić information content (AvgIpc) is 2.43. The maximum Gasteiger partial charge on any atom is 0.241 e. The monoisotopic (exact) mass is 232 g/mol. The van der Waals surface area contributed by atoms with Crippen molar-refractivity contribution in [3.8, 4) is 0 Å². The summed E-state index contributed by atoms with van der Waals surface area (Å²) in [7, 11) is 0. The van der Waals surface area contributed by atoms with Gasteiger partial charge in [-0.3, -0.25) is 10.1 Å². The number of carbonyl (C=O) groups excluding carboxylic acids is 1. The molecule has 1 saturated heterocycles. The van der Waals surface area contributed by atoms with Crippen LogP contribution in [0.2, 0.25) is 0 Å². The molecule has 0 spiro atoms. The Morgan fingerprint density at radius 1 is 1.29 bits per heavy atom. The number of para-hydroxylation sites is 1. The van der Waals surface area contributed by atoms with Gasteiger partial charge >= 0.3 is 0 Å². The highest BCUT2D eigenvalue weighted by Gasteiger charge is 2.28. The molecule has 2 aliphatic rings. The lowest BCUT2D eigenvalue weighted by Crippen LogP contribution is -2.53. The van der Waals surface area contributed by atoms with Crippen LogP contribution in [-0.2, 0) is 16.0 Å². The van der Waals surface area contributed by atoms with Crippen LogP contribution < -0.4 is 10.6 Å². The third-order valence-electron chi connectivity index (χ3n) is 3.37. The van der Waals surface area contributed by atoms with Gasteiger partial charge in [0.25, 0.3) is 0 Å². The van der Waals surface area contributed by atoms with Crippen LogP contribution in [0.15, 0.2) is 24.3 Å². The molecule has 90 valence electrons. The standard InChI is InChI=1S/C13H16N2O2/c16-13-12(14-10-7-17-8-10)6-5-9-3-1-2-4-11(9)15-13/h1-4,10,12,14H,5-8H2,(H,15,16). The summed E-state index contributed by atoms with van der Waals surface area (Å²) in [6.07, 6.45) is 1.78. The Morgan fingerprint density at radius 3 is 2.88 bits per heavy atom. The number of ether oxygens (including phenoxy) is 1. The number of hydrogen-bond acceptors (Lipinski definition) is 3. The highest BCUT2D eigenvalue weighted by molar-refractivity contribution is 5.96. The summed E-state index contributed by atoms with van der Waals surface area (Å²) >= 11 is 0. The summed E-state index contributed by atoms with van der Waals surface area (Å²) in [6.45, 7) is 1.44. The van der Waals surface area contributed by atoms with Gasteiger partial charge in [0, 0.05) is 5.69 Å². The molecule has 1 aromatic rings. The van der Waals surface area contributed by atoms with Crippen LogP contribution in [-0.4, -0.2) is 31.2 Å². The van der Waals surface area contributed by atoms with Crippen molar-refractivity contribution in [3.05, 3.63) is 29.8 Å². The van der Waals surface area contributed by atoms with Gasteiger partial charge in [-0.2, -0.15) is 0 Å². The number of fused-ring (bicyclic) bond motifs is 1. The fourth-order valence-corrected chi connectivity index (χ4v) is 2.29. The van der Waals surface area contributed by atoms with E-state index in [4.69, 9.17) is 4.74 Å². The van der Waals surface area contributed by atoms with Gasteiger partial charge in [-0.25, -0.2) is 0 Å². The largest absolute Gasteiger partial charge is 0.378 e. The van der Waals surface area contributed by atoms with E-state index in [9.17, 15) is 4.79 Å². The van der Waals surface area contributed by atoms with Crippen LogP contribution in [0.1, 0.15) is 12.0 Å². The van der Waals surface area contributed by atoms with E-state index in [2.05, 4.69) is 16.7 Å². The number of rotatable bonds is 2. The van der Waals surface area contributed by atoms with Crippen molar-refractivity contribution in [2.24, 2.45) is 0 Å². The Kier molecular flexibility index (Phi) is 2.82. The van der Waals surface area contributed by atoms with Crippen LogP contribution in [0.3, 0.4) is 0 Å². The highest BCUT2D eigenvalue weighted by atomic mass is 16.5. The molecule has 1 unspecified atom stereocenters. The minimum atomic E-state index is -0.101. The molecule has 0 saturated carbocycles. The van der Waals surface area contributed by atoms with Crippen molar-refractivity contribution in [3.63, 3.8) is 0 Å². The first-order valence-electron chi connectivity index (χ1n) is 6.05. The number of benzene rings is 1. The molecule has 1 amide bonds. The SMILES string of the molecule is O=C1Nc2ccccc2CCC1NC1COC1. The first-order chi connectivity index (χ1) is 8.33. The van der Waals surface area contributed by atoms with E-state index in [1.807, 2.05) is 18.2 Å². The lowest BCUT2D eigenvalue weighted by molar-refractivity contribution is -0.119. The van der Waals surface area contributed by atoms with Gasteiger partial charge < -0.3 is 10.1 Å². The predicted molar refractivity (Wildman–Crippen MR) is 64.9 cm³/mol. The van der Waals surface area contributed by atoms with Gasteiger partial charge in [-0.15, -0.1) is 0 Å². The first kappa shape index (κ1) is 10.7. The number of aryl methyl sites for hydroxylation is 1. The molecule has 2 heterocycles. The van der Waals surface area contributed by atoms with E-state index in [-0.39, 0.29) is 11.9 Å². The Morgan fingerprint density at radius 2 is 2.12 bits per heavy atom. The molecule has 1 aromatic carbocycles. The second-order valence-corrected chi connectivity index (χ2v) is 4.64. The number of anilines is 1. The van der Waals surface area contributed by atoms with Crippen molar-refractivity contribution >= 4 is 11.6 Å². The molecule has 0 aromatic heterocycles. The van der Waals surface area contributed by atoms with E-state index >= 15 is 0 Å². The molecule has 0 bridgehead atoms. The predicted octanol–water partition coefficient (Wildman–Crippen LogP) is 0.928. The van der Waals surface area contributed by atoms with E-state index in [0.717, 1.165) is 31.7 Å². The highest BCUT2D eigenvalue weighted by Crippen LogP contribution is 2.21. The quantitative estimate of drug-likeness (QED) is 0.797. The second kappa shape index (κ2) is 4.47. The van der Waals surface area contributed by atoms with Crippen molar-refractivity contribution in [1.82, 2.24) is 5.32 Å². The van der Waals surface area contributed by atoms with Gasteiger partial charge in [-0.1, -0.05) is 18.2 Å². The minimum absolute atomic E-state index is 0.0712. The number of carbonyl (C=O) groups is 1. The summed E-state index contributed by atoms with van der Waals surface area (Å²) in [5.41, 5.74) is 2.17. The van der Waals surface area contributed by atoms with Gasteiger partial charge in [0.15, 0.2) is 0 Å². The van der Waals surface area contributed by atoms with E-state index in [1.54, 1.807) is 0 Å². The Hall–Kier alpha value is -1.39. The summed E-state index contributed by atoms with van der Waals surface area (Å²) < 4.78 is 5.11. The van der Waals surface area contributed by atoms with E-state index < -0.39 is 0 Å². The molecular weight excluding hydrogens is 216 g/mol. The number of amides is 1. The smallest absolute Gasteiger partial charge is 0.241 e. The second-order valence-electron chi connectivity index (χ2n) is 4.64. The van der Waals surface area contributed by atoms with Crippen molar-refractivity contribution in [1.29, 1.82) is 0 Å². The molecule has 17 heavy (non-hydrogen) atoms. The summed E-state index contributed by atoms with van der Waals surface area (Å²) in [6, 6.07) is 8.24. The molecule has 0 radical (unpaired) electrons. The zero-order valence-electron chi connectivity index (χ0n) is 9.61. The molecule has 2 aliphatic heterocycles. The topological polar surface area (TPSA) is 50.4 Å². The zero-order chi connectivity index (χ0) is 11.7. The van der Waals surface area contributed by atoms with Gasteiger partial charge in [0.1, 0.15) is 0 Å². The molecule has 1 fully saturated rings. The summed E-state index contributed by atoms with van der Waals surface area (Å²) in [5.74, 6) is 0.0712. The van der Waals surface area contributed by atoms with Crippen molar-refractivity contribution in [2.45, 2.75) is 24.9 Å². The first-order valence-corrected chi connectivity index (χ1v) is 6.05. The van der Waals surface area contributed by atoms with Gasteiger partial charge in [0.2, 0.25) is 5.91 Å². The average molecular weight is 232 g/mol. The Bertz CT molecular complexity index is 429. The molecule has 1 atom stereocenters. The van der Waals surface area contributed by atoms with E-state index in [1.165, 1.54) is 5.56 Å². The summed E-state index contributed by atoms with van der Waals surface area (Å²) in [4.78, 5) is 12.0. The molecule has 2 N–H and O–H groups in total. The lowest BCUT2D eigenvalue weighted by atomic mass is 10.1. The Labute approximate surface area is 100 Å². The van der Waals surface area contributed by atoms with E-state index in [0.29, 0.717) is 6.04 Å². The van der Waals surface area contributed by atoms with Crippen molar-refractivity contribution < 1.29 is 9.53 Å². The fourth-order valence-electron chi connectivity index (χ4n) is 2.29. The Balaban J connectivity index is 1.72. The molecule has 4 heteroatoms. The summed E-state index contributed by atoms with van der Waals surface area (Å²) in [5, 5.41) is 6.33. The maximum atomic E-state index is 12.0. The van der Waals surface area contributed by atoms with Gasteiger partial charge in [-0.05, 0) is 24.5 Å². The fraction of sp³-hybridized carbons (Fsp3) is 0.462. The minimum Gasteiger partial charge on any atom is -0.378 e. The van der Waals surface area contributed by atoms with Crippen LogP contribution >= 0.6 is 0 Å². The molecule has 3 rings (SSSR count). The van der Waals surface area contributed by atoms with Crippen LogP contribution in [0, 0.1) is 0 Å². The van der Waals surface area contributed by atoms with Crippen molar-refractivity contribution in [2.75, 3.05) is 18.5 Å². The normalized spacial score (nSPS) is 24.5. The maximum absolute atomic E-state index is 12.0. The van der Waals surface area contributed by atoms with Crippen LogP contribution in [0.5, 0.6) is 0 Å². The molecule has 4 nitrogen and oxygen atoms in total. The number of hydrogen-bond donors (Lipinski definition) is 2. The van der Waals surface area contributed by atoms with Crippen LogP contribution in [0.25, 0.3) is 0 Å². The lowest BCUT2D eigenvalue weighted by Gasteiger charge is -2.30. The van der Waals surface area contributed by atoms with Gasteiger partial charge in [0.05, 0.1) is 25.3 Å². The third kappa shape index (κ3) is 2.18. The molecule has 0 aliphatic carbocycles. The molecular formula is C13H16N2O2.